The van der Waals surface area contributed by atoms with Gasteiger partial charge in [-0.1, -0.05) is 17.7 Å². The molecule has 0 atom stereocenters. The lowest BCUT2D eigenvalue weighted by molar-refractivity contribution is -0.00100. The first-order chi connectivity index (χ1) is 9.27. The second-order valence-electron chi connectivity index (χ2n) is 4.68. The van der Waals surface area contributed by atoms with Crippen LogP contribution in [-0.4, -0.2) is 44.3 Å². The van der Waals surface area contributed by atoms with Crippen LogP contribution in [0.25, 0.3) is 0 Å². The first kappa shape index (κ1) is 20.9. The van der Waals surface area contributed by atoms with Crippen molar-refractivity contribution in [1.29, 1.82) is 0 Å². The van der Waals surface area contributed by atoms with Gasteiger partial charge in [-0.05, 0) is 31.6 Å². The van der Waals surface area contributed by atoms with Gasteiger partial charge < -0.3 is 34.9 Å². The van der Waals surface area contributed by atoms with Crippen molar-refractivity contribution in [1.82, 2.24) is 10.2 Å². The van der Waals surface area contributed by atoms with Gasteiger partial charge in [-0.2, -0.15) is 0 Å². The standard InChI is InChI=1S/C14H20ClFN2O.2ClH/c15-13-3-1-4-14(16)12(13)11-17-5-2-6-18-7-9-19-10-8-18;;/h1,3-4,17H,2,5-11H2;2*1H/p-2. The van der Waals surface area contributed by atoms with Crippen molar-refractivity contribution >= 4 is 11.6 Å². The fourth-order valence-corrected chi connectivity index (χ4v) is 2.40. The molecule has 0 amide bonds. The van der Waals surface area contributed by atoms with E-state index in [4.69, 9.17) is 16.3 Å². The van der Waals surface area contributed by atoms with E-state index in [0.29, 0.717) is 17.1 Å². The van der Waals surface area contributed by atoms with E-state index < -0.39 is 0 Å². The second kappa shape index (κ2) is 11.5. The molecular weight excluding hydrogens is 338 g/mol. The Balaban J connectivity index is 0.00000200. The number of ether oxygens (including phenoxy) is 1. The van der Waals surface area contributed by atoms with Gasteiger partial charge in [-0.3, -0.25) is 4.90 Å². The van der Waals surface area contributed by atoms with Crippen LogP contribution in [-0.2, 0) is 11.3 Å². The summed E-state index contributed by atoms with van der Waals surface area (Å²) in [5.41, 5.74) is 0.551. The number of nitrogens with zero attached hydrogens (tertiary/aromatic N) is 1. The summed E-state index contributed by atoms with van der Waals surface area (Å²) >= 11 is 5.96. The molecule has 0 aromatic heterocycles. The van der Waals surface area contributed by atoms with Crippen LogP contribution in [0.2, 0.25) is 5.02 Å². The Kier molecular flexibility index (Phi) is 11.4. The van der Waals surface area contributed by atoms with Crippen LogP contribution in [0, 0.1) is 5.82 Å². The zero-order chi connectivity index (χ0) is 13.5. The zero-order valence-electron chi connectivity index (χ0n) is 11.8. The predicted molar refractivity (Wildman–Crippen MR) is 75.0 cm³/mol. The van der Waals surface area contributed by atoms with Gasteiger partial charge in [0.1, 0.15) is 5.82 Å². The third kappa shape index (κ3) is 7.13. The first-order valence-corrected chi connectivity index (χ1v) is 7.09. The third-order valence-corrected chi connectivity index (χ3v) is 3.65. The lowest BCUT2D eigenvalue weighted by Crippen LogP contribution is -3.00. The molecule has 1 aromatic rings. The summed E-state index contributed by atoms with van der Waals surface area (Å²) in [6, 6.07) is 4.78. The third-order valence-electron chi connectivity index (χ3n) is 3.30. The zero-order valence-corrected chi connectivity index (χ0v) is 14.0. The van der Waals surface area contributed by atoms with Crippen molar-refractivity contribution in [3.05, 3.63) is 34.6 Å². The van der Waals surface area contributed by atoms with Crippen LogP contribution in [0.4, 0.5) is 4.39 Å². The van der Waals surface area contributed by atoms with Crippen molar-refractivity contribution in [2.24, 2.45) is 0 Å². The summed E-state index contributed by atoms with van der Waals surface area (Å²) in [5, 5.41) is 3.73. The monoisotopic (exact) mass is 356 g/mol. The van der Waals surface area contributed by atoms with Crippen LogP contribution in [0.5, 0.6) is 0 Å². The normalized spacial score (nSPS) is 15.1. The van der Waals surface area contributed by atoms with Gasteiger partial charge in [0.15, 0.2) is 0 Å². The molecule has 0 spiro atoms. The number of nitrogens with one attached hydrogen (secondary N) is 1. The van der Waals surface area contributed by atoms with Gasteiger partial charge in [0, 0.05) is 30.2 Å². The quantitative estimate of drug-likeness (QED) is 0.531. The van der Waals surface area contributed by atoms with Gasteiger partial charge >= 0.3 is 0 Å². The molecule has 0 aliphatic carbocycles. The Morgan fingerprint density at radius 3 is 2.62 bits per heavy atom. The topological polar surface area (TPSA) is 24.5 Å². The number of morpholine rings is 1. The highest BCUT2D eigenvalue weighted by Gasteiger charge is 2.09. The van der Waals surface area contributed by atoms with Gasteiger partial charge in [0.2, 0.25) is 0 Å². The van der Waals surface area contributed by atoms with Crippen LogP contribution < -0.4 is 30.1 Å². The fraction of sp³-hybridized carbons (Fsp3) is 0.571. The van der Waals surface area contributed by atoms with E-state index >= 15 is 0 Å². The van der Waals surface area contributed by atoms with Crippen molar-refractivity contribution in [2.45, 2.75) is 13.0 Å². The van der Waals surface area contributed by atoms with Gasteiger partial charge in [0.25, 0.3) is 0 Å². The van der Waals surface area contributed by atoms with Gasteiger partial charge in [-0.15, -0.1) is 0 Å². The fourth-order valence-electron chi connectivity index (χ4n) is 2.17. The SMILES string of the molecule is Fc1cccc(Cl)c1CNCCCN1CCOCC1.[Cl-].[Cl-]. The van der Waals surface area contributed by atoms with Crippen LogP contribution >= 0.6 is 11.6 Å². The molecule has 1 N–H and O–H groups in total. The van der Waals surface area contributed by atoms with Crippen molar-refractivity contribution in [3.63, 3.8) is 0 Å². The summed E-state index contributed by atoms with van der Waals surface area (Å²) < 4.78 is 18.8. The van der Waals surface area contributed by atoms with Gasteiger partial charge in [0.05, 0.1) is 13.2 Å². The predicted octanol–water partition coefficient (Wildman–Crippen LogP) is -3.70. The van der Waals surface area contributed by atoms with Crippen molar-refractivity contribution < 1.29 is 33.9 Å². The number of hydrogen-bond acceptors (Lipinski definition) is 3. The van der Waals surface area contributed by atoms with Crippen LogP contribution in [0.1, 0.15) is 12.0 Å². The average Bonchev–Trinajstić information content (AvgIpc) is 2.42. The molecule has 0 radical (unpaired) electrons. The highest BCUT2D eigenvalue weighted by atomic mass is 35.5. The number of benzene rings is 1. The maximum absolute atomic E-state index is 13.5. The minimum absolute atomic E-state index is 0. The van der Waals surface area contributed by atoms with Gasteiger partial charge in [-0.25, -0.2) is 4.39 Å². The van der Waals surface area contributed by atoms with Crippen LogP contribution in [0.3, 0.4) is 0 Å². The lowest BCUT2D eigenvalue weighted by Gasteiger charge is -2.26. The smallest absolute Gasteiger partial charge is 0.129 e. The van der Waals surface area contributed by atoms with E-state index in [1.807, 2.05) is 0 Å². The molecular formula is C14H20Cl3FN2O-2. The molecule has 1 heterocycles. The molecule has 0 bridgehead atoms. The summed E-state index contributed by atoms with van der Waals surface area (Å²) in [4.78, 5) is 2.39. The van der Waals surface area contributed by atoms with E-state index in [-0.39, 0.29) is 30.6 Å². The molecule has 2 rings (SSSR count). The molecule has 0 saturated carbocycles. The molecule has 1 aromatic carbocycles. The van der Waals surface area contributed by atoms with E-state index in [2.05, 4.69) is 10.2 Å². The molecule has 122 valence electrons. The maximum Gasteiger partial charge on any atom is 0.129 e. The molecule has 1 fully saturated rings. The van der Waals surface area contributed by atoms with E-state index in [1.165, 1.54) is 6.07 Å². The summed E-state index contributed by atoms with van der Waals surface area (Å²) in [5.74, 6) is -0.242. The highest BCUT2D eigenvalue weighted by molar-refractivity contribution is 6.31. The Bertz CT molecular complexity index is 384. The number of rotatable bonds is 6. The minimum Gasteiger partial charge on any atom is -1.00 e. The number of hydrogen-bond donors (Lipinski definition) is 1. The molecule has 1 aliphatic heterocycles. The molecule has 1 aliphatic rings. The molecule has 7 heteroatoms. The van der Waals surface area contributed by atoms with Crippen molar-refractivity contribution in [2.75, 3.05) is 39.4 Å². The lowest BCUT2D eigenvalue weighted by atomic mass is 10.2. The van der Waals surface area contributed by atoms with E-state index in [1.54, 1.807) is 12.1 Å². The second-order valence-corrected chi connectivity index (χ2v) is 5.09. The Morgan fingerprint density at radius 2 is 1.95 bits per heavy atom. The molecule has 3 nitrogen and oxygen atoms in total. The summed E-state index contributed by atoms with van der Waals surface area (Å²) in [6.07, 6.45) is 1.05. The Hall–Kier alpha value is -0.100. The van der Waals surface area contributed by atoms with E-state index in [9.17, 15) is 4.39 Å². The molecule has 1 saturated heterocycles. The van der Waals surface area contributed by atoms with Crippen LogP contribution in [0.15, 0.2) is 18.2 Å². The average molecular weight is 358 g/mol. The highest BCUT2D eigenvalue weighted by Crippen LogP contribution is 2.18. The van der Waals surface area contributed by atoms with Crippen molar-refractivity contribution in [3.8, 4) is 0 Å². The number of halogens is 4. The van der Waals surface area contributed by atoms with E-state index in [0.717, 1.165) is 45.8 Å². The maximum atomic E-state index is 13.5. The minimum atomic E-state index is -0.242. The Labute approximate surface area is 143 Å². The molecule has 21 heavy (non-hydrogen) atoms. The Morgan fingerprint density at radius 1 is 1.24 bits per heavy atom. The first-order valence-electron chi connectivity index (χ1n) is 6.71. The summed E-state index contributed by atoms with van der Waals surface area (Å²) in [6.45, 7) is 6.09. The molecule has 0 unspecified atom stereocenters. The largest absolute Gasteiger partial charge is 1.00 e. The summed E-state index contributed by atoms with van der Waals surface area (Å²) in [7, 11) is 0.